The fraction of sp³-hybridized carbons (Fsp3) is 0.812. The number of nitrogens with zero attached hydrogens (tertiary/aromatic N) is 1. The van der Waals surface area contributed by atoms with Crippen molar-refractivity contribution in [2.75, 3.05) is 6.54 Å². The maximum Gasteiger partial charge on any atom is 0.410 e. The van der Waals surface area contributed by atoms with Crippen molar-refractivity contribution in [3.8, 4) is 0 Å². The average molecular weight is 297 g/mol. The molecule has 1 fully saturated rings. The van der Waals surface area contributed by atoms with E-state index in [9.17, 15) is 14.4 Å². The largest absolute Gasteiger partial charge is 0.444 e. The highest BCUT2D eigenvalue weighted by atomic mass is 16.6. The molecule has 0 saturated carbocycles. The average Bonchev–Trinajstić information content (AvgIpc) is 2.51. The predicted molar refractivity (Wildman–Crippen MR) is 80.0 cm³/mol. The smallest absolute Gasteiger partial charge is 0.410 e. The molecule has 0 N–H and O–H groups in total. The summed E-state index contributed by atoms with van der Waals surface area (Å²) in [5, 5.41) is 0. The van der Waals surface area contributed by atoms with Crippen molar-refractivity contribution in [1.29, 1.82) is 0 Å². The Balaban J connectivity index is 3.02. The monoisotopic (exact) mass is 297 g/mol. The van der Waals surface area contributed by atoms with E-state index in [2.05, 4.69) is 0 Å². The number of carbonyl (C=O) groups excluding carboxylic acids is 3. The summed E-state index contributed by atoms with van der Waals surface area (Å²) in [6.45, 7) is 8.81. The molecule has 5 heteroatoms. The van der Waals surface area contributed by atoms with Gasteiger partial charge in [-0.2, -0.15) is 0 Å². The van der Waals surface area contributed by atoms with Gasteiger partial charge < -0.3 is 9.64 Å². The van der Waals surface area contributed by atoms with Gasteiger partial charge in [-0.05, 0) is 47.5 Å². The minimum absolute atomic E-state index is 0.178. The van der Waals surface area contributed by atoms with Crippen molar-refractivity contribution in [2.45, 2.75) is 71.9 Å². The van der Waals surface area contributed by atoms with Gasteiger partial charge in [0.2, 0.25) is 0 Å². The highest BCUT2D eigenvalue weighted by Crippen LogP contribution is 2.26. The second kappa shape index (κ2) is 7.05. The first-order valence-corrected chi connectivity index (χ1v) is 7.64. The number of likely N-dealkylation sites (tertiary alicyclic amines) is 1. The number of hydrogen-bond acceptors (Lipinski definition) is 4. The van der Waals surface area contributed by atoms with E-state index in [4.69, 9.17) is 4.74 Å². The number of Topliss-reactive ketones (excluding diaryl/α,β-unsaturated/α-hetero) is 2. The summed E-state index contributed by atoms with van der Waals surface area (Å²) in [4.78, 5) is 37.7. The molecule has 1 atom stereocenters. The van der Waals surface area contributed by atoms with E-state index in [0.717, 1.165) is 19.3 Å². The van der Waals surface area contributed by atoms with Crippen molar-refractivity contribution in [3.63, 3.8) is 0 Å². The molecule has 1 heterocycles. The molecular formula is C16H27NO4. The molecule has 1 aliphatic rings. The van der Waals surface area contributed by atoms with Crippen molar-refractivity contribution in [3.05, 3.63) is 0 Å². The van der Waals surface area contributed by atoms with Crippen LogP contribution in [0.4, 0.5) is 4.79 Å². The molecule has 1 saturated heterocycles. The van der Waals surface area contributed by atoms with Gasteiger partial charge in [0.1, 0.15) is 17.2 Å². The lowest BCUT2D eigenvalue weighted by atomic mass is 9.88. The van der Waals surface area contributed by atoms with Crippen molar-refractivity contribution in [1.82, 2.24) is 4.90 Å². The van der Waals surface area contributed by atoms with Crippen LogP contribution < -0.4 is 0 Å². The van der Waals surface area contributed by atoms with Crippen LogP contribution in [0.5, 0.6) is 0 Å². The van der Waals surface area contributed by atoms with Gasteiger partial charge in [-0.15, -0.1) is 0 Å². The van der Waals surface area contributed by atoms with Gasteiger partial charge in [-0.1, -0.05) is 12.8 Å². The highest BCUT2D eigenvalue weighted by molar-refractivity contribution is 6.01. The van der Waals surface area contributed by atoms with Crippen LogP contribution >= 0.6 is 0 Å². The van der Waals surface area contributed by atoms with Gasteiger partial charge in [0.25, 0.3) is 0 Å². The summed E-state index contributed by atoms with van der Waals surface area (Å²) in [6, 6.07) is -0.377. The molecule has 1 aliphatic heterocycles. The van der Waals surface area contributed by atoms with Crippen LogP contribution in [0.3, 0.4) is 0 Å². The van der Waals surface area contributed by atoms with Gasteiger partial charge >= 0.3 is 6.09 Å². The first-order valence-electron chi connectivity index (χ1n) is 7.64. The normalized spacial score (nSPS) is 20.1. The topological polar surface area (TPSA) is 63.7 Å². The minimum atomic E-state index is -0.740. The number of amides is 1. The third-order valence-electron chi connectivity index (χ3n) is 3.69. The number of ketones is 2. The van der Waals surface area contributed by atoms with Gasteiger partial charge in [-0.3, -0.25) is 9.59 Å². The van der Waals surface area contributed by atoms with E-state index in [1.165, 1.54) is 13.8 Å². The zero-order valence-electron chi connectivity index (χ0n) is 13.8. The molecule has 120 valence electrons. The Morgan fingerprint density at radius 2 is 1.62 bits per heavy atom. The van der Waals surface area contributed by atoms with Crippen molar-refractivity contribution < 1.29 is 19.1 Å². The number of rotatable bonds is 3. The lowest BCUT2D eigenvalue weighted by molar-refractivity contribution is -0.133. The lowest BCUT2D eigenvalue weighted by Gasteiger charge is -2.35. The predicted octanol–water partition coefficient (Wildman–Crippen LogP) is 2.96. The molecule has 0 bridgehead atoms. The molecular weight excluding hydrogens is 270 g/mol. The molecule has 0 radical (unpaired) electrons. The highest BCUT2D eigenvalue weighted by Gasteiger charge is 2.38. The van der Waals surface area contributed by atoms with Crippen LogP contribution in [0.1, 0.15) is 60.3 Å². The first-order chi connectivity index (χ1) is 9.63. The Hall–Kier alpha value is -1.39. The van der Waals surface area contributed by atoms with E-state index < -0.39 is 17.6 Å². The van der Waals surface area contributed by atoms with Gasteiger partial charge in [0.05, 0.1) is 12.0 Å². The zero-order valence-corrected chi connectivity index (χ0v) is 13.8. The molecule has 0 aromatic heterocycles. The number of ether oxygens (including phenoxy) is 1. The van der Waals surface area contributed by atoms with Gasteiger partial charge in [-0.25, -0.2) is 4.79 Å². The fourth-order valence-electron chi connectivity index (χ4n) is 2.86. The minimum Gasteiger partial charge on any atom is -0.444 e. The molecule has 1 rings (SSSR count). The molecule has 0 unspecified atom stereocenters. The van der Waals surface area contributed by atoms with Crippen LogP contribution in [0, 0.1) is 5.92 Å². The second-order valence-electron chi connectivity index (χ2n) is 6.79. The molecule has 21 heavy (non-hydrogen) atoms. The molecule has 5 nitrogen and oxygen atoms in total. The van der Waals surface area contributed by atoms with E-state index in [1.54, 1.807) is 4.90 Å². The number of carbonyl (C=O) groups is 3. The van der Waals surface area contributed by atoms with E-state index in [0.29, 0.717) is 13.0 Å². The second-order valence-corrected chi connectivity index (χ2v) is 6.79. The Morgan fingerprint density at radius 3 is 2.10 bits per heavy atom. The first kappa shape index (κ1) is 17.7. The van der Waals surface area contributed by atoms with Gasteiger partial charge in [0, 0.05) is 6.54 Å². The summed E-state index contributed by atoms with van der Waals surface area (Å²) < 4.78 is 5.44. The molecule has 1 amide bonds. The van der Waals surface area contributed by atoms with Gasteiger partial charge in [0.15, 0.2) is 0 Å². The maximum atomic E-state index is 12.4. The van der Waals surface area contributed by atoms with Crippen LogP contribution in [0.15, 0.2) is 0 Å². The van der Waals surface area contributed by atoms with Crippen LogP contribution in [-0.2, 0) is 14.3 Å². The summed E-state index contributed by atoms with van der Waals surface area (Å²) in [5.74, 6) is -1.10. The standard InChI is InChI=1S/C16H27NO4/c1-11(18)14(12(2)19)13-9-7-6-8-10-17(13)15(20)21-16(3,4)5/h13-14H,6-10H2,1-5H3/t13-/m1/s1. The summed E-state index contributed by atoms with van der Waals surface area (Å²) in [7, 11) is 0. The Labute approximate surface area is 127 Å². The third kappa shape index (κ3) is 5.14. The lowest BCUT2D eigenvalue weighted by Crippen LogP contribution is -2.49. The van der Waals surface area contributed by atoms with E-state index >= 15 is 0 Å². The van der Waals surface area contributed by atoms with E-state index in [1.807, 2.05) is 20.8 Å². The van der Waals surface area contributed by atoms with Crippen LogP contribution in [0.25, 0.3) is 0 Å². The van der Waals surface area contributed by atoms with Crippen molar-refractivity contribution in [2.24, 2.45) is 5.92 Å². The zero-order chi connectivity index (χ0) is 16.2. The molecule has 0 aromatic carbocycles. The molecule has 0 spiro atoms. The van der Waals surface area contributed by atoms with Crippen molar-refractivity contribution >= 4 is 17.7 Å². The SMILES string of the molecule is CC(=O)C(C(C)=O)[C@H]1CCCCCN1C(=O)OC(C)(C)C. The van der Waals surface area contributed by atoms with E-state index in [-0.39, 0.29) is 17.6 Å². The summed E-state index contributed by atoms with van der Waals surface area (Å²) in [6.07, 6.45) is 3.03. The summed E-state index contributed by atoms with van der Waals surface area (Å²) in [5.41, 5.74) is -0.587. The Bertz CT molecular complexity index is 397. The Kier molecular flexibility index (Phi) is 5.93. The van der Waals surface area contributed by atoms with Crippen LogP contribution in [-0.4, -0.2) is 40.7 Å². The third-order valence-corrected chi connectivity index (χ3v) is 3.69. The fourth-order valence-corrected chi connectivity index (χ4v) is 2.86. The molecule has 0 aliphatic carbocycles. The summed E-state index contributed by atoms with van der Waals surface area (Å²) >= 11 is 0. The quantitative estimate of drug-likeness (QED) is 0.751. The number of hydrogen-bond donors (Lipinski definition) is 0. The maximum absolute atomic E-state index is 12.4. The molecule has 0 aromatic rings. The van der Waals surface area contributed by atoms with Crippen LogP contribution in [0.2, 0.25) is 0 Å². The Morgan fingerprint density at radius 1 is 1.05 bits per heavy atom.